The molecule has 1 aromatic carbocycles. The molecule has 0 amide bonds. The van der Waals surface area contributed by atoms with Crippen LogP contribution in [0.1, 0.15) is 18.4 Å². The summed E-state index contributed by atoms with van der Waals surface area (Å²) in [6.07, 6.45) is 7.76. The molecule has 2 fully saturated rings. The Kier molecular flexibility index (Phi) is 5.09. The third-order valence-corrected chi connectivity index (χ3v) is 6.63. The van der Waals surface area contributed by atoms with Crippen molar-refractivity contribution in [2.75, 3.05) is 46.9 Å². The van der Waals surface area contributed by atoms with Gasteiger partial charge in [-0.2, -0.15) is 0 Å². The molecule has 0 radical (unpaired) electrons. The smallest absolute Gasteiger partial charge is 0.200 e. The molecule has 5 nitrogen and oxygen atoms in total. The van der Waals surface area contributed by atoms with Gasteiger partial charge in [0.1, 0.15) is 32.7 Å². The van der Waals surface area contributed by atoms with Crippen LogP contribution in [0.25, 0.3) is 0 Å². The molecule has 1 saturated heterocycles. The molecule has 1 saturated carbocycles. The van der Waals surface area contributed by atoms with Crippen LogP contribution in [-0.4, -0.2) is 52.0 Å². The van der Waals surface area contributed by atoms with Gasteiger partial charge in [-0.3, -0.25) is 0 Å². The minimum atomic E-state index is 0.0860. The van der Waals surface area contributed by atoms with Gasteiger partial charge in [-0.25, -0.2) is 0 Å². The first kappa shape index (κ1) is 17.7. The van der Waals surface area contributed by atoms with E-state index < -0.39 is 0 Å². The van der Waals surface area contributed by atoms with Crippen molar-refractivity contribution in [3.05, 3.63) is 29.8 Å². The van der Waals surface area contributed by atoms with Gasteiger partial charge in [0.2, 0.25) is 5.75 Å². The number of phenolic OH excluding ortho intramolecular Hbond substituents is 1. The third-order valence-electron chi connectivity index (χ3n) is 6.63. The van der Waals surface area contributed by atoms with Crippen molar-refractivity contribution in [3.63, 3.8) is 0 Å². The summed E-state index contributed by atoms with van der Waals surface area (Å²) in [5.41, 5.74) is 1.16. The van der Waals surface area contributed by atoms with Gasteiger partial charge in [0.15, 0.2) is 11.5 Å². The maximum absolute atomic E-state index is 10.1. The average Bonchev–Trinajstić information content (AvgIpc) is 3.27. The summed E-state index contributed by atoms with van der Waals surface area (Å²) in [5.74, 6) is 3.75. The Bertz CT molecular complexity index is 642. The Morgan fingerprint density at radius 2 is 1.62 bits per heavy atom. The molecule has 1 heterocycles. The maximum atomic E-state index is 10.1. The topological polar surface area (TPSA) is 47.6 Å². The van der Waals surface area contributed by atoms with Crippen molar-refractivity contribution in [2.45, 2.75) is 19.4 Å². The lowest BCUT2D eigenvalue weighted by atomic mass is 9.93. The van der Waals surface area contributed by atoms with Gasteiger partial charge in [0.25, 0.3) is 0 Å². The van der Waals surface area contributed by atoms with Crippen LogP contribution in [0.15, 0.2) is 24.3 Å². The van der Waals surface area contributed by atoms with Gasteiger partial charge >= 0.3 is 0 Å². The molecule has 3 N–H and O–H groups in total. The zero-order valence-electron chi connectivity index (χ0n) is 16.0. The van der Waals surface area contributed by atoms with Crippen LogP contribution in [0, 0.1) is 17.8 Å². The second-order valence-corrected chi connectivity index (χ2v) is 8.27. The lowest BCUT2D eigenvalue weighted by molar-refractivity contribution is -1.02. The number of hydrogen-bond donors (Lipinski definition) is 3. The molecule has 0 spiro atoms. The first-order valence-electron chi connectivity index (χ1n) is 9.95. The summed E-state index contributed by atoms with van der Waals surface area (Å²) in [7, 11) is 3.16. The molecule has 142 valence electrons. The van der Waals surface area contributed by atoms with Gasteiger partial charge in [0.05, 0.1) is 20.8 Å². The van der Waals surface area contributed by atoms with E-state index in [1.165, 1.54) is 45.6 Å². The van der Waals surface area contributed by atoms with E-state index in [2.05, 4.69) is 12.2 Å². The van der Waals surface area contributed by atoms with Crippen molar-refractivity contribution in [1.82, 2.24) is 0 Å². The fraction of sp³-hybridized carbons (Fsp3) is 0.619. The second kappa shape index (κ2) is 7.49. The summed E-state index contributed by atoms with van der Waals surface area (Å²) in [4.78, 5) is 3.40. The molecule has 3 atom stereocenters. The summed E-state index contributed by atoms with van der Waals surface area (Å²) < 4.78 is 10.6. The van der Waals surface area contributed by atoms with Crippen LogP contribution in [0.3, 0.4) is 0 Å². The van der Waals surface area contributed by atoms with Gasteiger partial charge in [-0.15, -0.1) is 0 Å². The monoisotopic (exact) mass is 360 g/mol. The highest BCUT2D eigenvalue weighted by molar-refractivity contribution is 5.52. The zero-order chi connectivity index (χ0) is 18.1. The van der Waals surface area contributed by atoms with E-state index in [-0.39, 0.29) is 5.75 Å². The van der Waals surface area contributed by atoms with E-state index in [4.69, 9.17) is 9.47 Å². The van der Waals surface area contributed by atoms with Gasteiger partial charge < -0.3 is 24.4 Å². The minimum Gasteiger partial charge on any atom is -0.502 e. The number of benzene rings is 1. The molecule has 2 bridgehead atoms. The highest BCUT2D eigenvalue weighted by Gasteiger charge is 2.38. The Hall–Kier alpha value is -1.72. The molecule has 5 heteroatoms. The number of methoxy groups -OCH3 is 2. The Labute approximate surface area is 156 Å². The van der Waals surface area contributed by atoms with E-state index in [0.29, 0.717) is 11.5 Å². The van der Waals surface area contributed by atoms with Crippen molar-refractivity contribution in [3.8, 4) is 17.2 Å². The molecule has 1 aliphatic heterocycles. The van der Waals surface area contributed by atoms with E-state index in [9.17, 15) is 5.11 Å². The summed E-state index contributed by atoms with van der Waals surface area (Å²) in [5, 5.41) is 10.1. The second-order valence-electron chi connectivity index (χ2n) is 8.27. The highest BCUT2D eigenvalue weighted by Crippen LogP contribution is 2.42. The van der Waals surface area contributed by atoms with E-state index in [0.717, 1.165) is 29.9 Å². The van der Waals surface area contributed by atoms with Crippen molar-refractivity contribution < 1.29 is 24.4 Å². The van der Waals surface area contributed by atoms with Gasteiger partial charge in [-0.1, -0.05) is 12.2 Å². The summed E-state index contributed by atoms with van der Waals surface area (Å²) in [6.45, 7) is 7.25. The molecule has 4 rings (SSSR count). The largest absolute Gasteiger partial charge is 0.502 e. The average molecular weight is 360 g/mol. The first-order chi connectivity index (χ1) is 12.7. The number of allylic oxidation sites excluding steroid dienone is 2. The van der Waals surface area contributed by atoms with Gasteiger partial charge in [-0.05, 0) is 36.8 Å². The van der Waals surface area contributed by atoms with Crippen LogP contribution in [-0.2, 0) is 6.54 Å². The van der Waals surface area contributed by atoms with Crippen LogP contribution >= 0.6 is 0 Å². The fourth-order valence-corrected chi connectivity index (χ4v) is 5.18. The molecule has 26 heavy (non-hydrogen) atoms. The van der Waals surface area contributed by atoms with Crippen LogP contribution < -0.4 is 19.3 Å². The molecular formula is C21H32N2O3+2. The van der Waals surface area contributed by atoms with Crippen molar-refractivity contribution >= 4 is 0 Å². The fourth-order valence-electron chi connectivity index (χ4n) is 5.18. The number of piperazine rings is 1. The van der Waals surface area contributed by atoms with Crippen LogP contribution in [0.5, 0.6) is 17.2 Å². The molecule has 0 aromatic heterocycles. The van der Waals surface area contributed by atoms with Crippen LogP contribution in [0.2, 0.25) is 0 Å². The van der Waals surface area contributed by atoms with E-state index in [1.807, 2.05) is 12.1 Å². The normalized spacial score (nSPS) is 32.8. The van der Waals surface area contributed by atoms with Crippen LogP contribution in [0.4, 0.5) is 0 Å². The third kappa shape index (κ3) is 3.55. The Balaban J connectivity index is 1.30. The first-order valence-corrected chi connectivity index (χ1v) is 9.95. The molecule has 1 aromatic rings. The lowest BCUT2D eigenvalue weighted by Crippen LogP contribution is -3.27. The Morgan fingerprint density at radius 1 is 0.962 bits per heavy atom. The quantitative estimate of drug-likeness (QED) is 0.621. The van der Waals surface area contributed by atoms with Crippen molar-refractivity contribution in [1.29, 1.82) is 0 Å². The molecule has 3 aliphatic rings. The predicted molar refractivity (Wildman–Crippen MR) is 100 cm³/mol. The summed E-state index contributed by atoms with van der Waals surface area (Å²) in [6, 6.07) is 3.87. The number of nitrogens with one attached hydrogen (secondary N) is 2. The number of quaternary nitrogens is 2. The lowest BCUT2D eigenvalue weighted by Gasteiger charge is -2.32. The number of aromatic hydroxyl groups is 1. The van der Waals surface area contributed by atoms with Crippen molar-refractivity contribution in [2.24, 2.45) is 17.8 Å². The molecule has 2 aliphatic carbocycles. The predicted octanol–water partition coefficient (Wildman–Crippen LogP) is -0.0950. The Morgan fingerprint density at radius 3 is 2.15 bits per heavy atom. The number of ether oxygens (including phenoxy) is 2. The standard InChI is InChI=1S/C21H30N2O3/c1-25-19-11-16(12-20(26-2)21(19)24)13-22-5-7-23(8-6-22)14-18-10-15-3-4-17(18)9-15/h3-4,11-12,15,17-18,24H,5-10,13-14H2,1-2H3/p+2/t15-,17+,18+/m1/s1. The van der Waals surface area contributed by atoms with E-state index in [1.54, 1.807) is 24.0 Å². The highest BCUT2D eigenvalue weighted by atomic mass is 16.5. The number of phenols is 1. The van der Waals surface area contributed by atoms with Gasteiger partial charge in [0, 0.05) is 11.5 Å². The number of rotatable bonds is 6. The molecule has 0 unspecified atom stereocenters. The number of fused-ring (bicyclic) bond motifs is 2. The van der Waals surface area contributed by atoms with E-state index >= 15 is 0 Å². The SMILES string of the molecule is COc1cc(C[NH+]2CC[NH+](C[C@@H]3C[C@@H]4C=C[C@H]3C4)CC2)cc(OC)c1O. The minimum absolute atomic E-state index is 0.0860. The summed E-state index contributed by atoms with van der Waals surface area (Å²) >= 11 is 0. The maximum Gasteiger partial charge on any atom is 0.200 e. The number of hydrogen-bond acceptors (Lipinski definition) is 3. The molecular weight excluding hydrogens is 328 g/mol. The zero-order valence-corrected chi connectivity index (χ0v) is 16.0.